The van der Waals surface area contributed by atoms with Gasteiger partial charge >= 0.3 is 0 Å². The van der Waals surface area contributed by atoms with Crippen LogP contribution in [0, 0.1) is 0 Å². The molecule has 0 aromatic heterocycles. The third-order valence-corrected chi connectivity index (χ3v) is 6.63. The molecule has 0 spiro atoms. The van der Waals surface area contributed by atoms with Crippen LogP contribution in [0.2, 0.25) is 0 Å². The minimum atomic E-state index is -3.50. The lowest BCUT2D eigenvalue weighted by atomic mass is 10.2. The van der Waals surface area contributed by atoms with Crippen molar-refractivity contribution in [1.82, 2.24) is 19.8 Å². The number of ether oxygens (including phenoxy) is 1. The van der Waals surface area contributed by atoms with Crippen molar-refractivity contribution in [3.63, 3.8) is 0 Å². The van der Waals surface area contributed by atoms with Gasteiger partial charge in [-0.2, -0.15) is 0 Å². The van der Waals surface area contributed by atoms with Crippen molar-refractivity contribution in [2.45, 2.75) is 31.3 Å². The Hall–Kier alpha value is -0.950. The molecule has 1 saturated heterocycles. The molecule has 1 fully saturated rings. The minimum Gasteiger partial charge on any atom is -0.379 e. The summed E-state index contributed by atoms with van der Waals surface area (Å²) in [7, 11) is -0.432. The van der Waals surface area contributed by atoms with Crippen LogP contribution in [0.25, 0.3) is 0 Å². The molecule has 1 aromatic carbocycles. The average Bonchev–Trinajstić information content (AvgIpc) is 2.70. The van der Waals surface area contributed by atoms with Crippen LogP contribution in [0.5, 0.6) is 0 Å². The predicted molar refractivity (Wildman–Crippen MR) is 127 cm³/mol. The zero-order chi connectivity index (χ0) is 20.6. The Morgan fingerprint density at radius 1 is 1.24 bits per heavy atom. The molecule has 0 saturated carbocycles. The number of nitrogens with zero attached hydrogens (tertiary/aromatic N) is 3. The van der Waals surface area contributed by atoms with Crippen molar-refractivity contribution in [3.05, 3.63) is 29.8 Å². The first-order valence-corrected chi connectivity index (χ1v) is 11.1. The monoisotopic (exact) mass is 539 g/mol. The first kappa shape index (κ1) is 26.1. The summed E-state index contributed by atoms with van der Waals surface area (Å²) in [5.41, 5.74) is 0.676. The Morgan fingerprint density at radius 3 is 2.52 bits per heavy atom. The molecule has 2 N–H and O–H groups in total. The van der Waals surface area contributed by atoms with E-state index in [1.165, 1.54) is 18.4 Å². The lowest BCUT2D eigenvalue weighted by Gasteiger charge is -2.32. The standard InChI is InChI=1S/C19H33N5O3S.HI/c1-5-20-19(21-14-16(2)24-10-12-27-13-11-24)22-15-17-8-6-7-9-18(17)28(25,26)23(3)4;/h6-9,16H,5,10-15H2,1-4H3,(H2,20,21,22);1H. The summed E-state index contributed by atoms with van der Waals surface area (Å²) in [6.45, 7) is 9.38. The third-order valence-electron chi connectivity index (χ3n) is 4.72. The Labute approximate surface area is 192 Å². The van der Waals surface area contributed by atoms with E-state index < -0.39 is 10.0 Å². The highest BCUT2D eigenvalue weighted by atomic mass is 127. The van der Waals surface area contributed by atoms with Gasteiger partial charge in [-0.1, -0.05) is 18.2 Å². The number of hydrogen-bond acceptors (Lipinski definition) is 5. The van der Waals surface area contributed by atoms with E-state index in [1.54, 1.807) is 18.2 Å². The largest absolute Gasteiger partial charge is 0.379 e. The lowest BCUT2D eigenvalue weighted by Crippen LogP contribution is -2.49. The van der Waals surface area contributed by atoms with E-state index in [1.807, 2.05) is 13.0 Å². The molecular formula is C19H34IN5O3S. The molecule has 2 rings (SSSR count). The van der Waals surface area contributed by atoms with Gasteiger partial charge < -0.3 is 15.4 Å². The Kier molecular flexibility index (Phi) is 11.4. The highest BCUT2D eigenvalue weighted by Gasteiger charge is 2.21. The van der Waals surface area contributed by atoms with Crippen LogP contribution in [-0.2, 0) is 21.3 Å². The number of nitrogens with one attached hydrogen (secondary N) is 2. The number of rotatable bonds is 8. The number of hydrogen-bond donors (Lipinski definition) is 2. The molecule has 1 aliphatic heterocycles. The Bertz CT molecular complexity index is 752. The van der Waals surface area contributed by atoms with Crippen LogP contribution in [-0.4, -0.2) is 83.1 Å². The summed E-state index contributed by atoms with van der Waals surface area (Å²) in [4.78, 5) is 7.28. The number of aliphatic imine (C=N–C) groups is 1. The molecule has 0 bridgehead atoms. The molecular weight excluding hydrogens is 505 g/mol. The molecule has 0 radical (unpaired) electrons. The molecule has 8 nitrogen and oxygen atoms in total. The van der Waals surface area contributed by atoms with Crippen molar-refractivity contribution in [2.75, 3.05) is 53.5 Å². The maximum Gasteiger partial charge on any atom is 0.242 e. The topological polar surface area (TPSA) is 86.3 Å². The first-order chi connectivity index (χ1) is 13.4. The van der Waals surface area contributed by atoms with E-state index in [9.17, 15) is 8.42 Å². The Morgan fingerprint density at radius 2 is 1.90 bits per heavy atom. The summed E-state index contributed by atoms with van der Waals surface area (Å²) < 4.78 is 31.7. The molecule has 1 aromatic rings. The van der Waals surface area contributed by atoms with Crippen molar-refractivity contribution in [2.24, 2.45) is 4.99 Å². The van der Waals surface area contributed by atoms with Gasteiger partial charge in [0.1, 0.15) is 0 Å². The number of halogens is 1. The number of sulfonamides is 1. The summed E-state index contributed by atoms with van der Waals surface area (Å²) >= 11 is 0. The lowest BCUT2D eigenvalue weighted by molar-refractivity contribution is 0.0211. The van der Waals surface area contributed by atoms with E-state index >= 15 is 0 Å². The highest BCUT2D eigenvalue weighted by molar-refractivity contribution is 14.0. The second-order valence-electron chi connectivity index (χ2n) is 6.97. The van der Waals surface area contributed by atoms with E-state index in [2.05, 4.69) is 27.4 Å². The van der Waals surface area contributed by atoms with Crippen LogP contribution in [0.3, 0.4) is 0 Å². The van der Waals surface area contributed by atoms with Crippen LogP contribution >= 0.6 is 24.0 Å². The van der Waals surface area contributed by atoms with Crippen LogP contribution < -0.4 is 10.6 Å². The fraction of sp³-hybridized carbons (Fsp3) is 0.632. The van der Waals surface area contributed by atoms with Crippen molar-refractivity contribution in [3.8, 4) is 0 Å². The smallest absolute Gasteiger partial charge is 0.242 e. The predicted octanol–water partition coefficient (Wildman–Crippen LogP) is 1.33. The van der Waals surface area contributed by atoms with Crippen molar-refractivity contribution in [1.29, 1.82) is 0 Å². The summed E-state index contributed by atoms with van der Waals surface area (Å²) in [6.07, 6.45) is 0. The van der Waals surface area contributed by atoms with Gasteiger partial charge in [-0.25, -0.2) is 17.7 Å². The van der Waals surface area contributed by atoms with Crippen molar-refractivity contribution >= 4 is 40.0 Å². The van der Waals surface area contributed by atoms with E-state index in [0.717, 1.165) is 39.4 Å². The van der Waals surface area contributed by atoms with Crippen LogP contribution in [0.4, 0.5) is 0 Å². The molecule has 166 valence electrons. The Balaban J connectivity index is 0.00000420. The van der Waals surface area contributed by atoms with Gasteiger partial charge in [-0.15, -0.1) is 24.0 Å². The second kappa shape index (κ2) is 12.7. The van der Waals surface area contributed by atoms with E-state index in [4.69, 9.17) is 4.74 Å². The van der Waals surface area contributed by atoms with Crippen LogP contribution in [0.1, 0.15) is 19.4 Å². The molecule has 1 heterocycles. The summed E-state index contributed by atoms with van der Waals surface area (Å²) in [5, 5.41) is 6.59. The second-order valence-corrected chi connectivity index (χ2v) is 9.09. The number of morpholine rings is 1. The molecule has 0 amide bonds. The molecule has 1 unspecified atom stereocenters. The van der Waals surface area contributed by atoms with Gasteiger partial charge in [-0.3, -0.25) is 4.90 Å². The summed E-state index contributed by atoms with van der Waals surface area (Å²) in [6, 6.07) is 7.35. The maximum absolute atomic E-state index is 12.5. The fourth-order valence-corrected chi connectivity index (χ4v) is 4.09. The van der Waals surface area contributed by atoms with E-state index in [-0.39, 0.29) is 30.5 Å². The first-order valence-electron chi connectivity index (χ1n) is 9.70. The number of benzene rings is 1. The molecule has 29 heavy (non-hydrogen) atoms. The van der Waals surface area contributed by atoms with Gasteiger partial charge in [0.2, 0.25) is 10.0 Å². The third kappa shape index (κ3) is 7.67. The normalized spacial score (nSPS) is 16.9. The van der Waals surface area contributed by atoms with Crippen molar-refractivity contribution < 1.29 is 13.2 Å². The molecule has 1 aliphatic rings. The summed E-state index contributed by atoms with van der Waals surface area (Å²) in [5.74, 6) is 0.680. The SMILES string of the molecule is CCNC(=NCc1ccccc1S(=O)(=O)N(C)C)NCC(C)N1CCOCC1.I. The average molecular weight is 539 g/mol. The zero-order valence-electron chi connectivity index (χ0n) is 17.7. The zero-order valence-corrected chi connectivity index (χ0v) is 20.9. The van der Waals surface area contributed by atoms with Gasteiger partial charge in [0.15, 0.2) is 5.96 Å². The molecule has 1 atom stereocenters. The maximum atomic E-state index is 12.5. The quantitative estimate of drug-likeness (QED) is 0.295. The van der Waals surface area contributed by atoms with Crippen LogP contribution in [0.15, 0.2) is 34.2 Å². The highest BCUT2D eigenvalue weighted by Crippen LogP contribution is 2.19. The number of guanidine groups is 1. The van der Waals surface area contributed by atoms with Gasteiger partial charge in [0.25, 0.3) is 0 Å². The van der Waals surface area contributed by atoms with Gasteiger partial charge in [0, 0.05) is 46.3 Å². The molecule has 10 heteroatoms. The van der Waals surface area contributed by atoms with Gasteiger partial charge in [-0.05, 0) is 25.5 Å². The van der Waals surface area contributed by atoms with Gasteiger partial charge in [0.05, 0.1) is 24.7 Å². The molecule has 0 aliphatic carbocycles. The fourth-order valence-electron chi connectivity index (χ4n) is 2.98. The van der Waals surface area contributed by atoms with E-state index in [0.29, 0.717) is 22.5 Å². The minimum absolute atomic E-state index is 0.